The standard InChI is InChI=1S/C14H19N3O3S/c1-10-2-3-13(17(19)20)12(8-10)16-14(18)9-21-11-4-6-15-7-5-11/h2-3,8,11,15H,4-7,9H2,1H3,(H,16,18). The number of nitrogens with one attached hydrogen (secondary N) is 2. The maximum absolute atomic E-state index is 12.0. The van der Waals surface area contributed by atoms with Crippen molar-refractivity contribution in [1.29, 1.82) is 0 Å². The molecule has 7 heteroatoms. The fourth-order valence-corrected chi connectivity index (χ4v) is 3.28. The first-order valence-corrected chi connectivity index (χ1v) is 7.98. The second kappa shape index (κ2) is 7.42. The number of nitro benzene ring substituents is 1. The van der Waals surface area contributed by atoms with Gasteiger partial charge in [-0.1, -0.05) is 6.07 Å². The van der Waals surface area contributed by atoms with Crippen molar-refractivity contribution in [1.82, 2.24) is 5.32 Å². The van der Waals surface area contributed by atoms with Gasteiger partial charge >= 0.3 is 0 Å². The Morgan fingerprint density at radius 3 is 2.86 bits per heavy atom. The van der Waals surface area contributed by atoms with Gasteiger partial charge in [-0.2, -0.15) is 0 Å². The van der Waals surface area contributed by atoms with E-state index in [-0.39, 0.29) is 17.3 Å². The quantitative estimate of drug-likeness (QED) is 0.644. The summed E-state index contributed by atoms with van der Waals surface area (Å²) in [5, 5.41) is 17.4. The third kappa shape index (κ3) is 4.71. The van der Waals surface area contributed by atoms with Crippen molar-refractivity contribution in [2.24, 2.45) is 0 Å². The molecule has 0 aliphatic carbocycles. The van der Waals surface area contributed by atoms with Crippen molar-refractivity contribution in [3.05, 3.63) is 33.9 Å². The number of anilines is 1. The maximum atomic E-state index is 12.0. The average molecular weight is 309 g/mol. The molecule has 0 aromatic heterocycles. The molecule has 21 heavy (non-hydrogen) atoms. The summed E-state index contributed by atoms with van der Waals surface area (Å²) in [7, 11) is 0. The van der Waals surface area contributed by atoms with Crippen molar-refractivity contribution in [3.63, 3.8) is 0 Å². The molecule has 2 rings (SSSR count). The molecule has 1 aliphatic rings. The maximum Gasteiger partial charge on any atom is 0.292 e. The molecule has 0 bridgehead atoms. The molecule has 0 spiro atoms. The summed E-state index contributed by atoms with van der Waals surface area (Å²) >= 11 is 1.62. The first-order chi connectivity index (χ1) is 10.1. The zero-order chi connectivity index (χ0) is 15.2. The molecule has 1 fully saturated rings. The number of hydrogen-bond acceptors (Lipinski definition) is 5. The van der Waals surface area contributed by atoms with Crippen molar-refractivity contribution >= 4 is 29.0 Å². The monoisotopic (exact) mass is 309 g/mol. The zero-order valence-corrected chi connectivity index (χ0v) is 12.7. The Labute approximate surface area is 127 Å². The van der Waals surface area contributed by atoms with Crippen LogP contribution in [0.25, 0.3) is 0 Å². The number of carbonyl (C=O) groups is 1. The molecule has 0 unspecified atom stereocenters. The van der Waals surface area contributed by atoms with E-state index in [2.05, 4.69) is 10.6 Å². The van der Waals surface area contributed by atoms with Gasteiger partial charge in [-0.15, -0.1) is 11.8 Å². The van der Waals surface area contributed by atoms with E-state index < -0.39 is 4.92 Å². The highest BCUT2D eigenvalue weighted by Crippen LogP contribution is 2.26. The van der Waals surface area contributed by atoms with Crippen LogP contribution in [0.4, 0.5) is 11.4 Å². The van der Waals surface area contributed by atoms with Crippen LogP contribution in [-0.2, 0) is 4.79 Å². The van der Waals surface area contributed by atoms with Gasteiger partial charge in [-0.3, -0.25) is 14.9 Å². The molecule has 0 saturated carbocycles. The van der Waals surface area contributed by atoms with Crippen molar-refractivity contribution in [2.45, 2.75) is 25.0 Å². The summed E-state index contributed by atoms with van der Waals surface area (Å²) in [5.41, 5.74) is 1.08. The lowest BCUT2D eigenvalue weighted by atomic mass is 10.2. The van der Waals surface area contributed by atoms with E-state index in [0.29, 0.717) is 11.0 Å². The highest BCUT2D eigenvalue weighted by atomic mass is 32.2. The van der Waals surface area contributed by atoms with Crippen LogP contribution in [0.1, 0.15) is 18.4 Å². The topological polar surface area (TPSA) is 84.3 Å². The van der Waals surface area contributed by atoms with E-state index >= 15 is 0 Å². The molecule has 114 valence electrons. The molecule has 1 heterocycles. The number of hydrogen-bond donors (Lipinski definition) is 2. The smallest absolute Gasteiger partial charge is 0.292 e. The number of nitrogens with zero attached hydrogens (tertiary/aromatic N) is 1. The van der Waals surface area contributed by atoms with Crippen LogP contribution >= 0.6 is 11.8 Å². The molecule has 1 aromatic carbocycles. The number of piperidine rings is 1. The highest BCUT2D eigenvalue weighted by Gasteiger charge is 2.18. The molecule has 1 aliphatic heterocycles. The normalized spacial score (nSPS) is 15.7. The van der Waals surface area contributed by atoms with E-state index in [4.69, 9.17) is 0 Å². The van der Waals surface area contributed by atoms with Gasteiger partial charge in [0.2, 0.25) is 5.91 Å². The first-order valence-electron chi connectivity index (χ1n) is 6.93. The summed E-state index contributed by atoms with van der Waals surface area (Å²) in [6.07, 6.45) is 2.12. The van der Waals surface area contributed by atoms with Gasteiger partial charge in [0.1, 0.15) is 5.69 Å². The molecule has 0 atom stereocenters. The van der Waals surface area contributed by atoms with E-state index in [0.717, 1.165) is 31.5 Å². The highest BCUT2D eigenvalue weighted by molar-refractivity contribution is 8.00. The fraction of sp³-hybridized carbons (Fsp3) is 0.500. The molecule has 1 aromatic rings. The third-order valence-corrected chi connectivity index (χ3v) is 4.73. The molecule has 6 nitrogen and oxygen atoms in total. The van der Waals surface area contributed by atoms with E-state index in [1.54, 1.807) is 23.9 Å². The summed E-state index contributed by atoms with van der Waals surface area (Å²) < 4.78 is 0. The zero-order valence-electron chi connectivity index (χ0n) is 11.9. The van der Waals surface area contributed by atoms with Crippen molar-refractivity contribution in [2.75, 3.05) is 24.2 Å². The molecule has 1 amide bonds. The number of thioether (sulfide) groups is 1. The number of nitro groups is 1. The number of benzene rings is 1. The van der Waals surface area contributed by atoms with Gasteiger partial charge in [-0.05, 0) is 44.5 Å². The Kier molecular flexibility index (Phi) is 5.58. The van der Waals surface area contributed by atoms with Gasteiger partial charge in [0.05, 0.1) is 10.7 Å². The number of carbonyl (C=O) groups excluding carboxylic acids is 1. The largest absolute Gasteiger partial charge is 0.320 e. The Morgan fingerprint density at radius 1 is 1.48 bits per heavy atom. The minimum Gasteiger partial charge on any atom is -0.320 e. The van der Waals surface area contributed by atoms with Crippen LogP contribution in [0.15, 0.2) is 18.2 Å². The number of aryl methyl sites for hydroxylation is 1. The van der Waals surface area contributed by atoms with Gasteiger partial charge in [0, 0.05) is 11.3 Å². The van der Waals surface area contributed by atoms with Crippen LogP contribution < -0.4 is 10.6 Å². The van der Waals surface area contributed by atoms with E-state index in [1.807, 2.05) is 6.92 Å². The summed E-state index contributed by atoms with van der Waals surface area (Å²) in [5.74, 6) is 0.141. The van der Waals surface area contributed by atoms with E-state index in [9.17, 15) is 14.9 Å². The third-order valence-electron chi connectivity index (χ3n) is 3.36. The Hall–Kier alpha value is -1.60. The van der Waals surface area contributed by atoms with Gasteiger partial charge in [0.25, 0.3) is 5.69 Å². The predicted octanol–water partition coefficient (Wildman–Crippen LogP) is 2.33. The van der Waals surface area contributed by atoms with Crippen LogP contribution in [0.5, 0.6) is 0 Å². The summed E-state index contributed by atoms with van der Waals surface area (Å²) in [4.78, 5) is 22.5. The minimum absolute atomic E-state index is 0.0687. The van der Waals surface area contributed by atoms with Gasteiger partial charge in [0.15, 0.2) is 0 Å². The average Bonchev–Trinajstić information content (AvgIpc) is 2.46. The summed E-state index contributed by atoms with van der Waals surface area (Å²) in [6.45, 7) is 3.81. The molecular formula is C14H19N3O3S. The second-order valence-corrected chi connectivity index (χ2v) is 6.37. The van der Waals surface area contributed by atoms with Crippen LogP contribution in [0, 0.1) is 17.0 Å². The lowest BCUT2D eigenvalue weighted by Gasteiger charge is -2.21. The second-order valence-electron chi connectivity index (χ2n) is 5.09. The summed E-state index contributed by atoms with van der Waals surface area (Å²) in [6, 6.07) is 4.72. The van der Waals surface area contributed by atoms with E-state index in [1.165, 1.54) is 6.07 Å². The number of rotatable bonds is 5. The van der Waals surface area contributed by atoms with Crippen LogP contribution in [0.2, 0.25) is 0 Å². The van der Waals surface area contributed by atoms with Gasteiger partial charge < -0.3 is 10.6 Å². The molecule has 1 saturated heterocycles. The minimum atomic E-state index is -0.477. The SMILES string of the molecule is Cc1ccc([N+](=O)[O-])c(NC(=O)CSC2CCNCC2)c1. The molecule has 2 N–H and O–H groups in total. The molecular weight excluding hydrogens is 290 g/mol. The Morgan fingerprint density at radius 2 is 2.19 bits per heavy atom. The number of amides is 1. The van der Waals surface area contributed by atoms with Crippen molar-refractivity contribution in [3.8, 4) is 0 Å². The van der Waals surface area contributed by atoms with Crippen molar-refractivity contribution < 1.29 is 9.72 Å². The molecule has 0 radical (unpaired) electrons. The first kappa shape index (κ1) is 15.8. The lowest BCUT2D eigenvalue weighted by molar-refractivity contribution is -0.383. The van der Waals surface area contributed by atoms with Crippen LogP contribution in [-0.4, -0.2) is 34.9 Å². The van der Waals surface area contributed by atoms with Gasteiger partial charge in [-0.25, -0.2) is 0 Å². The van der Waals surface area contributed by atoms with Crippen LogP contribution in [0.3, 0.4) is 0 Å². The fourth-order valence-electron chi connectivity index (χ4n) is 2.25. The predicted molar refractivity (Wildman–Crippen MR) is 84.8 cm³/mol. The lowest BCUT2D eigenvalue weighted by Crippen LogP contribution is -2.30. The Balaban J connectivity index is 1.92. The Bertz CT molecular complexity index is 530.